The number of halogens is 1. The predicted octanol–water partition coefficient (Wildman–Crippen LogP) is 3.45. The monoisotopic (exact) mass is 295 g/mol. The van der Waals surface area contributed by atoms with Crippen molar-refractivity contribution >= 4 is 23.1 Å². The average Bonchev–Trinajstić information content (AvgIpc) is 2.46. The maximum atomic E-state index is 8.70. The molecule has 0 atom stereocenters. The van der Waals surface area contributed by atoms with Gasteiger partial charge >= 0.3 is 0 Å². The molecule has 1 fully saturated rings. The summed E-state index contributed by atoms with van der Waals surface area (Å²) in [4.78, 5) is 2.25. The second-order valence-electron chi connectivity index (χ2n) is 5.68. The van der Waals surface area contributed by atoms with E-state index in [-0.39, 0.29) is 5.84 Å². The zero-order valence-corrected chi connectivity index (χ0v) is 12.8. The lowest BCUT2D eigenvalue weighted by atomic mass is 9.86. The van der Waals surface area contributed by atoms with Crippen LogP contribution < -0.4 is 10.6 Å². The molecule has 0 bridgehead atoms. The molecule has 20 heavy (non-hydrogen) atoms. The summed E-state index contributed by atoms with van der Waals surface area (Å²) in [7, 11) is 2.09. The molecule has 1 aromatic rings. The Hall–Kier alpha value is -1.42. The molecule has 1 aliphatic rings. The van der Waals surface area contributed by atoms with E-state index in [0.29, 0.717) is 16.6 Å². The molecule has 0 radical (unpaired) electrons. The van der Waals surface area contributed by atoms with Crippen molar-refractivity contribution in [1.82, 2.24) is 0 Å². The summed E-state index contributed by atoms with van der Waals surface area (Å²) in [6.45, 7) is 2.31. The van der Waals surface area contributed by atoms with E-state index in [0.717, 1.165) is 11.6 Å². The van der Waals surface area contributed by atoms with Crippen molar-refractivity contribution < 1.29 is 5.21 Å². The highest BCUT2D eigenvalue weighted by molar-refractivity contribution is 6.33. The molecule has 0 amide bonds. The standard InChI is InChI=1S/C15H22ClN3O/c1-10-3-6-12(7-4-10)19(2)14-8-5-11(9-13(14)16)15(17)18-20/h5,8-10,12,20H,3-4,6-7H2,1-2H3,(H2,17,18). The minimum Gasteiger partial charge on any atom is -0.409 e. The molecule has 4 nitrogen and oxygen atoms in total. The van der Waals surface area contributed by atoms with Gasteiger partial charge in [-0.3, -0.25) is 0 Å². The van der Waals surface area contributed by atoms with Crippen LogP contribution in [-0.2, 0) is 0 Å². The summed E-state index contributed by atoms with van der Waals surface area (Å²) in [5, 5.41) is 12.3. The van der Waals surface area contributed by atoms with E-state index in [4.69, 9.17) is 22.5 Å². The van der Waals surface area contributed by atoms with Gasteiger partial charge in [0.15, 0.2) is 5.84 Å². The smallest absolute Gasteiger partial charge is 0.170 e. The predicted molar refractivity (Wildman–Crippen MR) is 83.8 cm³/mol. The van der Waals surface area contributed by atoms with Gasteiger partial charge in [-0.05, 0) is 49.8 Å². The van der Waals surface area contributed by atoms with Crippen LogP contribution in [-0.4, -0.2) is 24.1 Å². The highest BCUT2D eigenvalue weighted by Gasteiger charge is 2.23. The Bertz CT molecular complexity index is 496. The number of oxime groups is 1. The third-order valence-corrected chi connectivity index (χ3v) is 4.57. The summed E-state index contributed by atoms with van der Waals surface area (Å²) in [6, 6.07) is 6.05. The molecule has 0 heterocycles. The van der Waals surface area contributed by atoms with Crippen LogP contribution in [0.2, 0.25) is 5.02 Å². The first-order valence-corrected chi connectivity index (χ1v) is 7.41. The molecule has 0 saturated heterocycles. The van der Waals surface area contributed by atoms with E-state index >= 15 is 0 Å². The van der Waals surface area contributed by atoms with Crippen molar-refractivity contribution in [3.63, 3.8) is 0 Å². The van der Waals surface area contributed by atoms with Crippen LogP contribution in [0.25, 0.3) is 0 Å². The van der Waals surface area contributed by atoms with Crippen LogP contribution in [0.1, 0.15) is 38.2 Å². The number of hydrogen-bond acceptors (Lipinski definition) is 3. The van der Waals surface area contributed by atoms with Crippen LogP contribution in [0.4, 0.5) is 5.69 Å². The number of anilines is 1. The van der Waals surface area contributed by atoms with E-state index < -0.39 is 0 Å². The summed E-state index contributed by atoms with van der Waals surface area (Å²) >= 11 is 6.34. The maximum Gasteiger partial charge on any atom is 0.170 e. The van der Waals surface area contributed by atoms with E-state index in [1.54, 1.807) is 6.07 Å². The van der Waals surface area contributed by atoms with Gasteiger partial charge in [-0.15, -0.1) is 0 Å². The number of nitrogens with two attached hydrogens (primary N) is 1. The molecule has 1 saturated carbocycles. The van der Waals surface area contributed by atoms with Gasteiger partial charge in [-0.2, -0.15) is 0 Å². The van der Waals surface area contributed by atoms with Gasteiger partial charge in [0.25, 0.3) is 0 Å². The molecular weight excluding hydrogens is 274 g/mol. The fraction of sp³-hybridized carbons (Fsp3) is 0.533. The SMILES string of the molecule is CC1CCC(N(C)c2ccc(C(N)=NO)cc2Cl)CC1. The molecule has 110 valence electrons. The molecule has 3 N–H and O–H groups in total. The Kier molecular flexibility index (Phi) is 4.76. The van der Waals surface area contributed by atoms with Crippen molar-refractivity contribution in [2.45, 2.75) is 38.6 Å². The van der Waals surface area contributed by atoms with Gasteiger partial charge in [-0.25, -0.2) is 0 Å². The zero-order valence-electron chi connectivity index (χ0n) is 12.0. The first-order valence-electron chi connectivity index (χ1n) is 7.03. The topological polar surface area (TPSA) is 61.8 Å². The van der Waals surface area contributed by atoms with E-state index in [1.807, 2.05) is 12.1 Å². The van der Waals surface area contributed by atoms with Gasteiger partial charge in [0.2, 0.25) is 0 Å². The fourth-order valence-electron chi connectivity index (χ4n) is 2.84. The Balaban J connectivity index is 2.16. The third-order valence-electron chi connectivity index (χ3n) is 4.26. The minimum atomic E-state index is 0.0765. The van der Waals surface area contributed by atoms with Crippen LogP contribution >= 0.6 is 11.6 Å². The average molecular weight is 296 g/mol. The van der Waals surface area contributed by atoms with Crippen molar-refractivity contribution in [3.8, 4) is 0 Å². The molecule has 0 aromatic heterocycles. The second-order valence-corrected chi connectivity index (χ2v) is 6.08. The van der Waals surface area contributed by atoms with Gasteiger partial charge in [0.05, 0.1) is 10.7 Å². The van der Waals surface area contributed by atoms with Gasteiger partial charge in [-0.1, -0.05) is 23.7 Å². The molecule has 1 aliphatic carbocycles. The highest BCUT2D eigenvalue weighted by atomic mass is 35.5. The number of hydrogen-bond donors (Lipinski definition) is 2. The number of rotatable bonds is 3. The van der Waals surface area contributed by atoms with Crippen molar-refractivity contribution in [1.29, 1.82) is 0 Å². The Morgan fingerprint density at radius 3 is 2.55 bits per heavy atom. The van der Waals surface area contributed by atoms with Crippen molar-refractivity contribution in [2.24, 2.45) is 16.8 Å². The second kappa shape index (κ2) is 6.35. The highest BCUT2D eigenvalue weighted by Crippen LogP contribution is 2.33. The molecule has 2 rings (SSSR count). The summed E-state index contributed by atoms with van der Waals surface area (Å²) in [5.74, 6) is 0.908. The third kappa shape index (κ3) is 3.18. The van der Waals surface area contributed by atoms with Crippen LogP contribution in [0.3, 0.4) is 0 Å². The summed E-state index contributed by atoms with van der Waals surface area (Å²) in [5.41, 5.74) is 7.21. The van der Waals surface area contributed by atoms with E-state index in [1.165, 1.54) is 25.7 Å². The number of benzene rings is 1. The Morgan fingerprint density at radius 1 is 1.35 bits per heavy atom. The lowest BCUT2D eigenvalue weighted by Crippen LogP contribution is -2.35. The van der Waals surface area contributed by atoms with E-state index in [2.05, 4.69) is 24.0 Å². The molecule has 5 heteroatoms. The summed E-state index contributed by atoms with van der Waals surface area (Å²) < 4.78 is 0. The van der Waals surface area contributed by atoms with Gasteiger partial charge in [0, 0.05) is 18.7 Å². The van der Waals surface area contributed by atoms with Gasteiger partial charge < -0.3 is 15.8 Å². The minimum absolute atomic E-state index is 0.0765. The lowest BCUT2D eigenvalue weighted by Gasteiger charge is -2.35. The maximum absolute atomic E-state index is 8.70. The largest absolute Gasteiger partial charge is 0.409 e. The molecular formula is C15H22ClN3O. The quantitative estimate of drug-likeness (QED) is 0.388. The van der Waals surface area contributed by atoms with Crippen LogP contribution in [0.15, 0.2) is 23.4 Å². The molecule has 1 aromatic carbocycles. The fourth-order valence-corrected chi connectivity index (χ4v) is 3.15. The first kappa shape index (κ1) is 15.0. The summed E-state index contributed by atoms with van der Waals surface area (Å²) in [6.07, 6.45) is 4.95. The van der Waals surface area contributed by atoms with E-state index in [9.17, 15) is 0 Å². The Morgan fingerprint density at radius 2 is 2.00 bits per heavy atom. The van der Waals surface area contributed by atoms with Gasteiger partial charge in [0.1, 0.15) is 0 Å². The normalized spacial score (nSPS) is 23.6. The van der Waals surface area contributed by atoms with Crippen molar-refractivity contribution in [3.05, 3.63) is 28.8 Å². The molecule has 0 unspecified atom stereocenters. The van der Waals surface area contributed by atoms with Crippen LogP contribution in [0, 0.1) is 5.92 Å². The first-order chi connectivity index (χ1) is 9.52. The van der Waals surface area contributed by atoms with Crippen LogP contribution in [0.5, 0.6) is 0 Å². The number of amidine groups is 1. The Labute approximate surface area is 125 Å². The zero-order chi connectivity index (χ0) is 14.7. The number of nitrogens with zero attached hydrogens (tertiary/aromatic N) is 2. The van der Waals surface area contributed by atoms with Crippen molar-refractivity contribution in [2.75, 3.05) is 11.9 Å². The molecule has 0 aliphatic heterocycles. The molecule has 0 spiro atoms. The lowest BCUT2D eigenvalue weighted by molar-refractivity contribution is 0.318.